The zero-order chi connectivity index (χ0) is 18.9. The van der Waals surface area contributed by atoms with Gasteiger partial charge in [0.1, 0.15) is 11.4 Å². The Morgan fingerprint density at radius 3 is 1.89 bits per heavy atom. The van der Waals surface area contributed by atoms with E-state index in [4.69, 9.17) is 42.6 Å². The summed E-state index contributed by atoms with van der Waals surface area (Å²) in [6.07, 6.45) is 0. The monoisotopic (exact) mass is 465 g/mol. The van der Waals surface area contributed by atoms with E-state index < -0.39 is 0 Å². The molecule has 0 aliphatic heterocycles. The molecule has 0 aliphatic rings. The zero-order valence-electron chi connectivity index (χ0n) is 14.1. The van der Waals surface area contributed by atoms with Crippen molar-refractivity contribution in [3.05, 3.63) is 70.7 Å². The van der Waals surface area contributed by atoms with Gasteiger partial charge in [-0.1, -0.05) is 54.1 Å². The smallest absolute Gasteiger partial charge is 0.741 e. The van der Waals surface area contributed by atoms with Gasteiger partial charge in [0.15, 0.2) is 0 Å². The third-order valence-corrected chi connectivity index (χ3v) is 3.71. The van der Waals surface area contributed by atoms with Crippen molar-refractivity contribution in [2.75, 3.05) is 7.05 Å². The predicted octanol–water partition coefficient (Wildman–Crippen LogP) is 2.43. The Labute approximate surface area is 184 Å². The van der Waals surface area contributed by atoms with E-state index in [0.29, 0.717) is 16.4 Å². The minimum atomic E-state index is -0.0865. The van der Waals surface area contributed by atoms with Crippen molar-refractivity contribution in [1.82, 2.24) is 5.32 Å². The van der Waals surface area contributed by atoms with Gasteiger partial charge in [-0.3, -0.25) is 0 Å². The van der Waals surface area contributed by atoms with Gasteiger partial charge < -0.3 is 36.3 Å². The second kappa shape index (κ2) is 11.6. The van der Waals surface area contributed by atoms with Gasteiger partial charge in [-0.2, -0.15) is 10.2 Å². The molecule has 2 aromatic rings. The van der Waals surface area contributed by atoms with Crippen LogP contribution in [0.3, 0.4) is 0 Å². The van der Waals surface area contributed by atoms with Gasteiger partial charge >= 0.3 is 17.1 Å². The molecule has 143 valence electrons. The van der Waals surface area contributed by atoms with E-state index in [1.165, 1.54) is 0 Å². The van der Waals surface area contributed by atoms with Crippen LogP contribution in [0, 0.1) is 0 Å². The van der Waals surface area contributed by atoms with Crippen LogP contribution in [0.5, 0.6) is 0 Å². The molecule has 0 saturated heterocycles. The van der Waals surface area contributed by atoms with E-state index in [0.717, 1.165) is 11.1 Å². The quantitative estimate of drug-likeness (QED) is 0.233. The topological polar surface area (TPSA) is 87.5 Å². The van der Waals surface area contributed by atoms with Gasteiger partial charge in [0.25, 0.3) is 0 Å². The number of nitrogens with one attached hydrogen (secondary N) is 1. The fourth-order valence-corrected chi connectivity index (χ4v) is 2.14. The number of amidine groups is 2. The van der Waals surface area contributed by atoms with E-state index in [2.05, 4.69) is 25.7 Å². The fraction of sp³-hybridized carbons (Fsp3) is 0.0588. The number of halogens is 1. The summed E-state index contributed by atoms with van der Waals surface area (Å²) < 4.78 is 0. The molecule has 0 fully saturated rings. The molecule has 2 aromatic carbocycles. The number of hydrogen-bond acceptors (Lipinski definition) is 6. The van der Waals surface area contributed by atoms with Crippen molar-refractivity contribution in [2.45, 2.75) is 0 Å². The van der Waals surface area contributed by atoms with E-state index in [-0.39, 0.29) is 27.4 Å². The van der Waals surface area contributed by atoms with Crippen molar-refractivity contribution in [2.24, 2.45) is 26.1 Å². The van der Waals surface area contributed by atoms with Crippen LogP contribution >= 0.6 is 11.6 Å². The standard InChI is InChI=1S/C17H17ClN6S2.Cu/c1-20-17(26)24-22-15(12-7-9-13(18)10-8-12)14(21-23-16(19)25)11-5-3-2-4-6-11;/h2-10H,1H3,(H3,19,23,25)(H2,20,24,26);/q;+2/p-2/b21-14+,22-15+;. The summed E-state index contributed by atoms with van der Waals surface area (Å²) in [4.78, 5) is 0. The molecule has 0 unspecified atom stereocenters. The maximum absolute atomic E-state index is 5.99. The first kappa shape index (κ1) is 23.0. The van der Waals surface area contributed by atoms with E-state index in [9.17, 15) is 0 Å². The van der Waals surface area contributed by atoms with Crippen LogP contribution in [0.4, 0.5) is 0 Å². The van der Waals surface area contributed by atoms with Crippen LogP contribution in [0.2, 0.25) is 5.02 Å². The summed E-state index contributed by atoms with van der Waals surface area (Å²) in [7, 11) is 1.66. The van der Waals surface area contributed by atoms with Crippen molar-refractivity contribution in [3.8, 4) is 0 Å². The van der Waals surface area contributed by atoms with Gasteiger partial charge in [0.05, 0.1) is 0 Å². The second-order valence-electron chi connectivity index (χ2n) is 4.86. The van der Waals surface area contributed by atoms with Crippen molar-refractivity contribution in [3.63, 3.8) is 0 Å². The fourth-order valence-electron chi connectivity index (χ4n) is 1.93. The van der Waals surface area contributed by atoms with Gasteiger partial charge in [0, 0.05) is 23.2 Å². The zero-order valence-corrected chi connectivity index (χ0v) is 17.4. The van der Waals surface area contributed by atoms with Crippen LogP contribution < -0.4 is 11.1 Å². The molecule has 0 amide bonds. The number of hydrogen-bond donors (Lipinski definition) is 2. The van der Waals surface area contributed by atoms with Crippen molar-refractivity contribution >= 4 is 58.6 Å². The Kier molecular flexibility index (Phi) is 9.91. The summed E-state index contributed by atoms with van der Waals surface area (Å²) in [6.45, 7) is 0. The van der Waals surface area contributed by atoms with Gasteiger partial charge in [-0.05, 0) is 22.5 Å². The number of rotatable bonds is 5. The van der Waals surface area contributed by atoms with Crippen LogP contribution in [-0.4, -0.2) is 28.8 Å². The maximum atomic E-state index is 5.99. The van der Waals surface area contributed by atoms with E-state index in [1.807, 2.05) is 30.3 Å². The van der Waals surface area contributed by atoms with E-state index in [1.54, 1.807) is 31.3 Å². The molecule has 6 nitrogen and oxygen atoms in total. The molecular formula is C17H15ClCuN6S2. The van der Waals surface area contributed by atoms with Crippen LogP contribution in [0.1, 0.15) is 11.1 Å². The normalized spacial score (nSPS) is 13.1. The van der Waals surface area contributed by atoms with Gasteiger partial charge in [-0.25, -0.2) is 0 Å². The Hall–Kier alpha value is -2.03. The number of benzene rings is 2. The first-order chi connectivity index (χ1) is 12.5. The third kappa shape index (κ3) is 7.24. The predicted molar refractivity (Wildman–Crippen MR) is 114 cm³/mol. The Balaban J connectivity index is 0.00000364. The molecule has 0 bridgehead atoms. The average molecular weight is 466 g/mol. The third-order valence-electron chi connectivity index (χ3n) is 3.09. The van der Waals surface area contributed by atoms with Gasteiger partial charge in [0.2, 0.25) is 0 Å². The molecule has 0 heterocycles. The summed E-state index contributed by atoms with van der Waals surface area (Å²) in [5, 5.41) is 19.8. The van der Waals surface area contributed by atoms with Crippen molar-refractivity contribution in [1.29, 1.82) is 0 Å². The van der Waals surface area contributed by atoms with Crippen LogP contribution in [0.25, 0.3) is 0 Å². The molecule has 0 saturated carbocycles. The number of nitrogens with zero attached hydrogens (tertiary/aromatic N) is 4. The Morgan fingerprint density at radius 1 is 0.852 bits per heavy atom. The molecule has 2 rings (SSSR count). The summed E-state index contributed by atoms with van der Waals surface area (Å²) in [6, 6.07) is 16.5. The SMILES string of the molecule is CN/C([S-])=N/N=C(/C(=N/N=C(/N)[S-])c1ccccc1)c1ccc(Cl)cc1.[Cu+2]. The summed E-state index contributed by atoms with van der Waals surface area (Å²) >= 11 is 15.8. The molecule has 27 heavy (non-hydrogen) atoms. The molecule has 10 heteroatoms. The molecule has 0 aromatic heterocycles. The molecule has 0 atom stereocenters. The second-order valence-corrected chi connectivity index (χ2v) is 6.10. The van der Waals surface area contributed by atoms with Crippen molar-refractivity contribution < 1.29 is 17.1 Å². The minimum absolute atomic E-state index is 0. The molecule has 3 N–H and O–H groups in total. The molecule has 0 spiro atoms. The summed E-state index contributed by atoms with van der Waals surface area (Å²) in [5.41, 5.74) is 7.87. The molecular weight excluding hydrogens is 451 g/mol. The van der Waals surface area contributed by atoms with Gasteiger partial charge in [-0.15, -0.1) is 10.2 Å². The van der Waals surface area contributed by atoms with Crippen LogP contribution in [-0.2, 0) is 42.3 Å². The summed E-state index contributed by atoms with van der Waals surface area (Å²) in [5.74, 6) is 0. The Morgan fingerprint density at radius 2 is 1.37 bits per heavy atom. The first-order valence-corrected chi connectivity index (χ1v) is 8.61. The minimum Gasteiger partial charge on any atom is -0.741 e. The maximum Gasteiger partial charge on any atom is 2.00 e. The molecule has 1 radical (unpaired) electrons. The van der Waals surface area contributed by atoms with E-state index >= 15 is 0 Å². The average Bonchev–Trinajstić information content (AvgIpc) is 2.65. The number of nitrogens with two attached hydrogens (primary N) is 1. The Bertz CT molecular complexity index is 863. The molecule has 0 aliphatic carbocycles. The van der Waals surface area contributed by atoms with Crippen LogP contribution in [0.15, 0.2) is 75.0 Å². The largest absolute Gasteiger partial charge is 2.00 e. The first-order valence-electron chi connectivity index (χ1n) is 7.41.